The summed E-state index contributed by atoms with van der Waals surface area (Å²) < 4.78 is 0. The van der Waals surface area contributed by atoms with Gasteiger partial charge in [0.25, 0.3) is 0 Å². The van der Waals surface area contributed by atoms with E-state index in [1.165, 1.54) is 22.3 Å². The van der Waals surface area contributed by atoms with Crippen LogP contribution in [0.3, 0.4) is 0 Å². The number of benzene rings is 1. The highest BCUT2D eigenvalue weighted by atomic mass is 16.3. The molecule has 0 radical (unpaired) electrons. The second-order valence-electron chi connectivity index (χ2n) is 5.16. The lowest BCUT2D eigenvalue weighted by atomic mass is 9.81. The fourth-order valence-corrected chi connectivity index (χ4v) is 3.16. The van der Waals surface area contributed by atoms with E-state index < -0.39 is 0 Å². The Hall–Kier alpha value is -1.34. The number of hydrogen-bond donors (Lipinski definition) is 1. The summed E-state index contributed by atoms with van der Waals surface area (Å²) >= 11 is 0. The normalized spacial score (nSPS) is 27.4. The molecule has 0 amide bonds. The molecule has 88 valence electrons. The summed E-state index contributed by atoms with van der Waals surface area (Å²) in [7, 11) is 0. The monoisotopic (exact) mass is 226 g/mol. The Labute approximate surface area is 102 Å². The van der Waals surface area contributed by atoms with Crippen molar-refractivity contribution in [3.63, 3.8) is 0 Å². The predicted molar refractivity (Wildman–Crippen MR) is 69.9 cm³/mol. The largest absolute Gasteiger partial charge is 0.392 e. The lowest BCUT2D eigenvalue weighted by molar-refractivity contribution is 0.185. The topological polar surface area (TPSA) is 20.2 Å². The van der Waals surface area contributed by atoms with Gasteiger partial charge < -0.3 is 5.11 Å². The second kappa shape index (κ2) is 4.15. The Kier molecular flexibility index (Phi) is 2.64. The molecule has 0 aromatic heterocycles. The number of aryl methyl sites for hydroxylation is 1. The third-order valence-corrected chi connectivity index (χ3v) is 4.00. The smallest absolute Gasteiger partial charge is 0.0618 e. The van der Waals surface area contributed by atoms with Gasteiger partial charge in [-0.05, 0) is 42.9 Å². The third kappa shape index (κ3) is 1.85. The number of hydrogen-bond acceptors (Lipinski definition) is 1. The minimum absolute atomic E-state index is 0.158. The van der Waals surface area contributed by atoms with Crippen molar-refractivity contribution in [1.82, 2.24) is 0 Å². The average molecular weight is 226 g/mol. The van der Waals surface area contributed by atoms with Gasteiger partial charge in [0.05, 0.1) is 6.10 Å². The molecule has 1 aromatic rings. The molecule has 0 saturated heterocycles. The number of aliphatic hydroxyl groups is 1. The Morgan fingerprint density at radius 1 is 1.18 bits per heavy atom. The number of rotatable bonds is 1. The Morgan fingerprint density at radius 3 is 2.82 bits per heavy atom. The minimum Gasteiger partial charge on any atom is -0.392 e. The first-order valence-corrected chi connectivity index (χ1v) is 6.38. The number of allylic oxidation sites excluding steroid dienone is 2. The molecule has 2 aliphatic rings. The van der Waals surface area contributed by atoms with E-state index in [0.29, 0.717) is 5.92 Å². The zero-order chi connectivity index (χ0) is 11.8. The summed E-state index contributed by atoms with van der Waals surface area (Å²) in [4.78, 5) is 0. The summed E-state index contributed by atoms with van der Waals surface area (Å²) in [5.41, 5.74) is 5.63. The lowest BCUT2D eigenvalue weighted by Gasteiger charge is -2.23. The molecular weight excluding hydrogens is 208 g/mol. The molecule has 2 unspecified atom stereocenters. The van der Waals surface area contributed by atoms with Crippen LogP contribution in [-0.4, -0.2) is 11.2 Å². The summed E-state index contributed by atoms with van der Waals surface area (Å²) in [6.45, 7) is 2.18. The van der Waals surface area contributed by atoms with Crippen LogP contribution >= 0.6 is 0 Å². The predicted octanol–water partition coefficient (Wildman–Crippen LogP) is 3.49. The lowest BCUT2D eigenvalue weighted by Crippen LogP contribution is -2.07. The van der Waals surface area contributed by atoms with Crippen LogP contribution in [0, 0.1) is 6.92 Å². The van der Waals surface area contributed by atoms with Crippen LogP contribution in [0.1, 0.15) is 36.3 Å². The van der Waals surface area contributed by atoms with Gasteiger partial charge in [-0.3, -0.25) is 0 Å². The third-order valence-electron chi connectivity index (χ3n) is 4.00. The van der Waals surface area contributed by atoms with Crippen molar-refractivity contribution < 1.29 is 5.11 Å². The molecular formula is C16H18O. The molecule has 0 spiro atoms. The first-order valence-electron chi connectivity index (χ1n) is 6.38. The van der Waals surface area contributed by atoms with E-state index in [2.05, 4.69) is 43.3 Å². The maximum absolute atomic E-state index is 9.82. The van der Waals surface area contributed by atoms with Crippen molar-refractivity contribution in [1.29, 1.82) is 0 Å². The van der Waals surface area contributed by atoms with E-state index >= 15 is 0 Å². The van der Waals surface area contributed by atoms with Crippen LogP contribution in [0.4, 0.5) is 0 Å². The van der Waals surface area contributed by atoms with Crippen LogP contribution in [0.25, 0.3) is 0 Å². The van der Waals surface area contributed by atoms with Crippen LogP contribution < -0.4 is 0 Å². The van der Waals surface area contributed by atoms with Gasteiger partial charge in [-0.1, -0.05) is 42.0 Å². The fourth-order valence-electron chi connectivity index (χ4n) is 3.16. The van der Waals surface area contributed by atoms with Gasteiger partial charge in [-0.15, -0.1) is 0 Å². The summed E-state index contributed by atoms with van der Waals surface area (Å²) in [5.74, 6) is 0.494. The fraction of sp³-hybridized carbons (Fsp3) is 0.375. The van der Waals surface area contributed by atoms with Crippen LogP contribution in [-0.2, 0) is 0 Å². The van der Waals surface area contributed by atoms with Gasteiger partial charge in [-0.25, -0.2) is 0 Å². The van der Waals surface area contributed by atoms with Crippen molar-refractivity contribution in [2.75, 3.05) is 0 Å². The van der Waals surface area contributed by atoms with Crippen molar-refractivity contribution >= 4 is 0 Å². The van der Waals surface area contributed by atoms with Gasteiger partial charge in [0.15, 0.2) is 0 Å². The van der Waals surface area contributed by atoms with Crippen molar-refractivity contribution in [2.24, 2.45) is 0 Å². The van der Waals surface area contributed by atoms with Crippen LogP contribution in [0.5, 0.6) is 0 Å². The molecule has 3 rings (SSSR count). The molecule has 17 heavy (non-hydrogen) atoms. The maximum Gasteiger partial charge on any atom is 0.0618 e. The first-order chi connectivity index (χ1) is 8.25. The van der Waals surface area contributed by atoms with E-state index in [4.69, 9.17) is 0 Å². The van der Waals surface area contributed by atoms with Crippen LogP contribution in [0.15, 0.2) is 47.6 Å². The van der Waals surface area contributed by atoms with Gasteiger partial charge >= 0.3 is 0 Å². The standard InChI is InChI=1S/C16H18O/c1-11-5-2-3-7-14(11)15-8-4-6-12-9-13(17)10-16(12)15/h2-7,13,15,17H,8-10H2,1H3. The molecule has 0 saturated carbocycles. The minimum atomic E-state index is -0.158. The summed E-state index contributed by atoms with van der Waals surface area (Å²) in [5, 5.41) is 9.82. The zero-order valence-electron chi connectivity index (χ0n) is 10.2. The van der Waals surface area contributed by atoms with Crippen molar-refractivity contribution in [2.45, 2.75) is 38.2 Å². The van der Waals surface area contributed by atoms with Gasteiger partial charge in [0.1, 0.15) is 0 Å². The molecule has 1 nitrogen and oxygen atoms in total. The molecule has 0 aliphatic heterocycles. The molecule has 2 atom stereocenters. The van der Waals surface area contributed by atoms with Crippen molar-refractivity contribution in [3.8, 4) is 0 Å². The molecule has 1 heteroatoms. The summed E-state index contributed by atoms with van der Waals surface area (Å²) in [6.07, 6.45) is 7.09. The SMILES string of the molecule is Cc1ccccc1C1CC=CC2=C1CC(O)C2. The Bertz CT molecular complexity index is 496. The van der Waals surface area contributed by atoms with E-state index in [9.17, 15) is 5.11 Å². The molecule has 0 fully saturated rings. The van der Waals surface area contributed by atoms with Crippen LogP contribution in [0.2, 0.25) is 0 Å². The molecule has 0 heterocycles. The summed E-state index contributed by atoms with van der Waals surface area (Å²) in [6, 6.07) is 8.62. The molecule has 1 aromatic carbocycles. The van der Waals surface area contributed by atoms with Gasteiger partial charge in [0.2, 0.25) is 0 Å². The molecule has 1 N–H and O–H groups in total. The first kappa shape index (κ1) is 10.8. The quantitative estimate of drug-likeness (QED) is 0.777. The van der Waals surface area contributed by atoms with E-state index in [1.54, 1.807) is 0 Å². The highest BCUT2D eigenvalue weighted by Gasteiger charge is 2.29. The van der Waals surface area contributed by atoms with Gasteiger partial charge in [0, 0.05) is 5.92 Å². The van der Waals surface area contributed by atoms with E-state index in [0.717, 1.165) is 19.3 Å². The van der Waals surface area contributed by atoms with Crippen molar-refractivity contribution in [3.05, 3.63) is 58.7 Å². The van der Waals surface area contributed by atoms with E-state index in [-0.39, 0.29) is 6.10 Å². The Balaban J connectivity index is 2.00. The molecule has 0 bridgehead atoms. The Morgan fingerprint density at radius 2 is 2.00 bits per heavy atom. The number of aliphatic hydroxyl groups excluding tert-OH is 1. The van der Waals surface area contributed by atoms with Gasteiger partial charge in [-0.2, -0.15) is 0 Å². The highest BCUT2D eigenvalue weighted by molar-refractivity contribution is 5.45. The maximum atomic E-state index is 9.82. The second-order valence-corrected chi connectivity index (χ2v) is 5.16. The highest BCUT2D eigenvalue weighted by Crippen LogP contribution is 2.43. The average Bonchev–Trinajstić information content (AvgIpc) is 2.70. The molecule has 2 aliphatic carbocycles. The van der Waals surface area contributed by atoms with E-state index in [1.807, 2.05) is 0 Å². The zero-order valence-corrected chi connectivity index (χ0v) is 10.2.